The number of pyridine rings is 1. The average Bonchev–Trinajstić information content (AvgIpc) is 2.38. The summed E-state index contributed by atoms with van der Waals surface area (Å²) >= 11 is 0. The largest absolute Gasteiger partial charge is 0.404 e. The van der Waals surface area contributed by atoms with Gasteiger partial charge in [-0.3, -0.25) is 4.98 Å². The lowest BCUT2D eigenvalue weighted by Crippen LogP contribution is -2.48. The van der Waals surface area contributed by atoms with Crippen LogP contribution in [0.5, 0.6) is 0 Å². The van der Waals surface area contributed by atoms with E-state index in [1.807, 2.05) is 13.0 Å². The van der Waals surface area contributed by atoms with Crippen LogP contribution in [0.1, 0.15) is 43.4 Å². The molecule has 2 atom stereocenters. The van der Waals surface area contributed by atoms with Crippen LogP contribution in [0, 0.1) is 0 Å². The molecule has 2 rings (SSSR count). The highest BCUT2D eigenvalue weighted by atomic mass is 19.4. The van der Waals surface area contributed by atoms with Crippen molar-refractivity contribution in [3.05, 3.63) is 29.6 Å². The number of hydrogen-bond donors (Lipinski definition) is 1. The first kappa shape index (κ1) is 14.3. The van der Waals surface area contributed by atoms with Gasteiger partial charge < -0.3 is 5.32 Å². The van der Waals surface area contributed by atoms with E-state index in [-0.39, 0.29) is 0 Å². The van der Waals surface area contributed by atoms with Gasteiger partial charge in [-0.2, -0.15) is 13.2 Å². The fourth-order valence-electron chi connectivity index (χ4n) is 2.76. The molecule has 0 aliphatic heterocycles. The number of aryl methyl sites for hydroxylation is 1. The van der Waals surface area contributed by atoms with E-state index in [4.69, 9.17) is 0 Å². The molecule has 2 nitrogen and oxygen atoms in total. The second-order valence-electron chi connectivity index (χ2n) is 5.02. The molecule has 1 aromatic rings. The number of nitrogens with one attached hydrogen (secondary N) is 1. The highest BCUT2D eigenvalue weighted by Crippen LogP contribution is 2.38. The molecule has 1 aromatic heterocycles. The van der Waals surface area contributed by atoms with Gasteiger partial charge in [0.1, 0.15) is 6.04 Å². The molecule has 106 valence electrons. The standard InChI is InChI=1S/C14H19F3N2/c1-2-8-19-13(14(15,16)17)11-7-3-5-10-6-4-9-18-12(10)11/h4,6,9,11,13,19H,2-3,5,7-8H2,1H3. The van der Waals surface area contributed by atoms with Gasteiger partial charge in [0.2, 0.25) is 0 Å². The molecule has 2 unspecified atom stereocenters. The third kappa shape index (κ3) is 3.26. The summed E-state index contributed by atoms with van der Waals surface area (Å²) in [6.45, 7) is 2.25. The first-order chi connectivity index (χ1) is 9.04. The lowest BCUT2D eigenvalue weighted by Gasteiger charge is -2.33. The molecule has 0 saturated heterocycles. The van der Waals surface area contributed by atoms with Crippen LogP contribution in [0.15, 0.2) is 18.3 Å². The number of alkyl halides is 3. The molecule has 0 bridgehead atoms. The van der Waals surface area contributed by atoms with Crippen LogP contribution in [0.3, 0.4) is 0 Å². The molecule has 0 radical (unpaired) electrons. The Balaban J connectivity index is 2.27. The van der Waals surface area contributed by atoms with Crippen molar-refractivity contribution < 1.29 is 13.2 Å². The van der Waals surface area contributed by atoms with Gasteiger partial charge in [0.05, 0.1) is 0 Å². The maximum absolute atomic E-state index is 13.2. The summed E-state index contributed by atoms with van der Waals surface area (Å²) in [6.07, 6.45) is 0.220. The molecular formula is C14H19F3N2. The van der Waals surface area contributed by atoms with Gasteiger partial charge in [0.15, 0.2) is 0 Å². The Bertz CT molecular complexity index is 417. The zero-order chi connectivity index (χ0) is 13.9. The number of hydrogen-bond acceptors (Lipinski definition) is 2. The number of halogens is 3. The van der Waals surface area contributed by atoms with Crippen molar-refractivity contribution in [2.45, 2.75) is 50.7 Å². The first-order valence-electron chi connectivity index (χ1n) is 6.78. The maximum Gasteiger partial charge on any atom is 0.404 e. The summed E-state index contributed by atoms with van der Waals surface area (Å²) in [5, 5.41) is 2.65. The van der Waals surface area contributed by atoms with E-state index >= 15 is 0 Å². The van der Waals surface area contributed by atoms with Crippen molar-refractivity contribution in [2.24, 2.45) is 0 Å². The molecule has 1 heterocycles. The van der Waals surface area contributed by atoms with Crippen molar-refractivity contribution in [3.8, 4) is 0 Å². The minimum Gasteiger partial charge on any atom is -0.306 e. The highest BCUT2D eigenvalue weighted by molar-refractivity contribution is 5.27. The summed E-state index contributed by atoms with van der Waals surface area (Å²) in [4.78, 5) is 4.20. The minimum absolute atomic E-state index is 0.378. The van der Waals surface area contributed by atoms with E-state index in [0.717, 1.165) is 18.4 Å². The van der Waals surface area contributed by atoms with Gasteiger partial charge in [-0.1, -0.05) is 13.0 Å². The van der Waals surface area contributed by atoms with Crippen molar-refractivity contribution in [1.82, 2.24) is 10.3 Å². The summed E-state index contributed by atoms with van der Waals surface area (Å²) in [7, 11) is 0. The van der Waals surface area contributed by atoms with E-state index in [2.05, 4.69) is 10.3 Å². The Hall–Kier alpha value is -1.10. The monoisotopic (exact) mass is 272 g/mol. The molecule has 0 saturated carbocycles. The van der Waals surface area contributed by atoms with Crippen LogP contribution in [-0.4, -0.2) is 23.7 Å². The first-order valence-corrected chi connectivity index (χ1v) is 6.78. The number of fused-ring (bicyclic) bond motifs is 1. The zero-order valence-corrected chi connectivity index (χ0v) is 11.0. The molecule has 19 heavy (non-hydrogen) atoms. The number of rotatable bonds is 4. The van der Waals surface area contributed by atoms with Crippen molar-refractivity contribution in [1.29, 1.82) is 0 Å². The third-order valence-corrected chi connectivity index (χ3v) is 3.61. The van der Waals surface area contributed by atoms with Crippen molar-refractivity contribution in [2.75, 3.05) is 6.54 Å². The van der Waals surface area contributed by atoms with E-state index in [9.17, 15) is 13.2 Å². The summed E-state index contributed by atoms with van der Waals surface area (Å²) in [5.74, 6) is -0.559. The van der Waals surface area contributed by atoms with Crippen LogP contribution in [0.25, 0.3) is 0 Å². The molecular weight excluding hydrogens is 253 g/mol. The maximum atomic E-state index is 13.2. The van der Waals surface area contributed by atoms with E-state index < -0.39 is 18.1 Å². The number of nitrogens with zero attached hydrogens (tertiary/aromatic N) is 1. The molecule has 0 fully saturated rings. The van der Waals surface area contributed by atoms with Gasteiger partial charge in [-0.25, -0.2) is 0 Å². The zero-order valence-electron chi connectivity index (χ0n) is 11.0. The van der Waals surface area contributed by atoms with Crippen molar-refractivity contribution >= 4 is 0 Å². The molecule has 1 aliphatic rings. The number of aromatic nitrogens is 1. The topological polar surface area (TPSA) is 24.9 Å². The predicted octanol–water partition coefficient (Wildman–Crippen LogP) is 3.43. The molecule has 0 amide bonds. The van der Waals surface area contributed by atoms with Crippen LogP contribution in [0.2, 0.25) is 0 Å². The summed E-state index contributed by atoms with van der Waals surface area (Å²) in [6, 6.07) is 2.20. The second-order valence-corrected chi connectivity index (χ2v) is 5.02. The van der Waals surface area contributed by atoms with E-state index in [1.165, 1.54) is 0 Å². The smallest absolute Gasteiger partial charge is 0.306 e. The lowest BCUT2D eigenvalue weighted by atomic mass is 9.81. The third-order valence-electron chi connectivity index (χ3n) is 3.61. The Labute approximate surface area is 111 Å². The lowest BCUT2D eigenvalue weighted by molar-refractivity contribution is -0.162. The quantitative estimate of drug-likeness (QED) is 0.908. The molecule has 1 aliphatic carbocycles. The van der Waals surface area contributed by atoms with Crippen LogP contribution < -0.4 is 5.32 Å². The Morgan fingerprint density at radius 3 is 2.95 bits per heavy atom. The van der Waals surface area contributed by atoms with Crippen LogP contribution >= 0.6 is 0 Å². The van der Waals surface area contributed by atoms with E-state index in [1.54, 1.807) is 12.3 Å². The Kier molecular flexibility index (Phi) is 4.45. The normalized spacial score (nSPS) is 20.9. The Morgan fingerprint density at radius 2 is 2.26 bits per heavy atom. The van der Waals surface area contributed by atoms with Gasteiger partial charge >= 0.3 is 6.18 Å². The van der Waals surface area contributed by atoms with Gasteiger partial charge in [0, 0.05) is 17.8 Å². The highest BCUT2D eigenvalue weighted by Gasteiger charge is 2.46. The Morgan fingerprint density at radius 1 is 1.47 bits per heavy atom. The molecule has 0 spiro atoms. The van der Waals surface area contributed by atoms with Crippen LogP contribution in [-0.2, 0) is 6.42 Å². The fourth-order valence-corrected chi connectivity index (χ4v) is 2.76. The minimum atomic E-state index is -4.23. The second kappa shape index (κ2) is 5.90. The summed E-state index contributed by atoms with van der Waals surface area (Å²) in [5.41, 5.74) is 1.59. The average molecular weight is 272 g/mol. The summed E-state index contributed by atoms with van der Waals surface area (Å²) < 4.78 is 39.7. The molecule has 5 heteroatoms. The fraction of sp³-hybridized carbons (Fsp3) is 0.643. The molecule has 1 N–H and O–H groups in total. The van der Waals surface area contributed by atoms with E-state index in [0.29, 0.717) is 25.1 Å². The predicted molar refractivity (Wildman–Crippen MR) is 68.1 cm³/mol. The van der Waals surface area contributed by atoms with Crippen LogP contribution in [0.4, 0.5) is 13.2 Å². The van der Waals surface area contributed by atoms with Gasteiger partial charge in [-0.15, -0.1) is 0 Å². The SMILES string of the molecule is CCCNC(C1CCCc2cccnc21)C(F)(F)F. The van der Waals surface area contributed by atoms with Gasteiger partial charge in [0.25, 0.3) is 0 Å². The van der Waals surface area contributed by atoms with Crippen molar-refractivity contribution in [3.63, 3.8) is 0 Å². The van der Waals surface area contributed by atoms with Gasteiger partial charge in [-0.05, 0) is 43.9 Å². The molecule has 0 aromatic carbocycles.